The molecule has 2 rings (SSSR count). The van der Waals surface area contributed by atoms with Crippen molar-refractivity contribution in [3.05, 3.63) is 32.7 Å². The summed E-state index contributed by atoms with van der Waals surface area (Å²) in [5.74, 6) is 0.348. The maximum absolute atomic E-state index is 11.9. The first-order chi connectivity index (χ1) is 9.82. The molecule has 0 spiro atoms. The summed E-state index contributed by atoms with van der Waals surface area (Å²) in [4.78, 5) is 0. The van der Waals surface area contributed by atoms with Gasteiger partial charge in [-0.1, -0.05) is 44.3 Å². The van der Waals surface area contributed by atoms with Gasteiger partial charge >= 0.3 is 0 Å². The molecule has 6 heteroatoms. The summed E-state index contributed by atoms with van der Waals surface area (Å²) < 4.78 is 25.8. The van der Waals surface area contributed by atoms with Crippen molar-refractivity contribution in [1.82, 2.24) is 5.32 Å². The molecule has 0 radical (unpaired) electrons. The molecule has 21 heavy (non-hydrogen) atoms. The van der Waals surface area contributed by atoms with Gasteiger partial charge in [-0.25, -0.2) is 8.42 Å². The van der Waals surface area contributed by atoms with E-state index >= 15 is 0 Å². The first kappa shape index (κ1) is 17.4. The normalized spacial score (nSPS) is 24.8. The number of sulfone groups is 1. The van der Waals surface area contributed by atoms with Crippen LogP contribution in [-0.4, -0.2) is 27.0 Å². The van der Waals surface area contributed by atoms with Gasteiger partial charge in [-0.05, 0) is 49.9 Å². The molecule has 1 aliphatic carbocycles. The fourth-order valence-electron chi connectivity index (χ4n) is 3.27. The Morgan fingerprint density at radius 3 is 2.57 bits per heavy atom. The van der Waals surface area contributed by atoms with Crippen molar-refractivity contribution in [2.24, 2.45) is 5.92 Å². The van der Waals surface area contributed by atoms with E-state index in [4.69, 9.17) is 0 Å². The molecule has 0 saturated heterocycles. The van der Waals surface area contributed by atoms with Crippen molar-refractivity contribution in [1.29, 1.82) is 0 Å². The zero-order valence-corrected chi connectivity index (χ0v) is 16.3. The zero-order valence-electron chi connectivity index (χ0n) is 12.3. The van der Waals surface area contributed by atoms with Gasteiger partial charge in [0.15, 0.2) is 0 Å². The van der Waals surface area contributed by atoms with Crippen molar-refractivity contribution >= 4 is 41.7 Å². The van der Waals surface area contributed by atoms with Crippen LogP contribution in [-0.2, 0) is 9.84 Å². The fourth-order valence-corrected chi connectivity index (χ4v) is 5.76. The Morgan fingerprint density at radius 1 is 1.29 bits per heavy atom. The number of halogens is 2. The topological polar surface area (TPSA) is 46.2 Å². The average Bonchev–Trinajstić information content (AvgIpc) is 2.41. The molecule has 3 nitrogen and oxygen atoms in total. The second kappa shape index (κ2) is 7.11. The highest BCUT2D eigenvalue weighted by atomic mass is 79.9. The molecule has 1 saturated carbocycles. The molecule has 1 N–H and O–H groups in total. The summed E-state index contributed by atoms with van der Waals surface area (Å²) in [5.41, 5.74) is 1.19. The third-order valence-corrected chi connectivity index (χ3v) is 7.17. The second-order valence-electron chi connectivity index (χ2n) is 5.81. The van der Waals surface area contributed by atoms with Gasteiger partial charge in [-0.15, -0.1) is 0 Å². The molecule has 1 fully saturated rings. The molecule has 1 aromatic carbocycles. The van der Waals surface area contributed by atoms with Gasteiger partial charge in [0, 0.05) is 21.2 Å². The summed E-state index contributed by atoms with van der Waals surface area (Å²) in [5, 5.41) is 3.19. The lowest BCUT2D eigenvalue weighted by molar-refractivity contribution is 0.282. The molecule has 3 unspecified atom stereocenters. The van der Waals surface area contributed by atoms with Gasteiger partial charge < -0.3 is 5.32 Å². The first-order valence-electron chi connectivity index (χ1n) is 7.14. The van der Waals surface area contributed by atoms with Crippen LogP contribution in [0.15, 0.2) is 27.1 Å². The van der Waals surface area contributed by atoms with Crippen LogP contribution >= 0.6 is 31.9 Å². The molecule has 1 aliphatic rings. The highest BCUT2D eigenvalue weighted by Crippen LogP contribution is 2.39. The highest BCUT2D eigenvalue weighted by Gasteiger charge is 2.33. The van der Waals surface area contributed by atoms with Crippen LogP contribution in [0.1, 0.15) is 37.3 Å². The zero-order chi connectivity index (χ0) is 15.6. The van der Waals surface area contributed by atoms with E-state index in [1.165, 1.54) is 11.8 Å². The highest BCUT2D eigenvalue weighted by molar-refractivity contribution is 9.11. The third-order valence-electron chi connectivity index (χ3n) is 4.35. The molecule has 0 aromatic heterocycles. The monoisotopic (exact) mass is 437 g/mol. The molecular formula is C15H21Br2NO2S. The van der Waals surface area contributed by atoms with E-state index in [1.807, 2.05) is 19.2 Å². The molecule has 0 amide bonds. The van der Waals surface area contributed by atoms with Gasteiger partial charge in [-0.3, -0.25) is 0 Å². The van der Waals surface area contributed by atoms with E-state index in [0.29, 0.717) is 5.92 Å². The van der Waals surface area contributed by atoms with Gasteiger partial charge in [0.25, 0.3) is 0 Å². The lowest BCUT2D eigenvalue weighted by atomic mass is 9.81. The first-order valence-corrected chi connectivity index (χ1v) is 10.7. The van der Waals surface area contributed by atoms with Crippen molar-refractivity contribution in [3.63, 3.8) is 0 Å². The summed E-state index contributed by atoms with van der Waals surface area (Å²) in [6, 6.07) is 6.34. The van der Waals surface area contributed by atoms with Crippen molar-refractivity contribution in [3.8, 4) is 0 Å². The Morgan fingerprint density at radius 2 is 2.00 bits per heavy atom. The van der Waals surface area contributed by atoms with E-state index < -0.39 is 9.84 Å². The molecule has 0 aliphatic heterocycles. The Hall–Kier alpha value is 0.0900. The Balaban J connectivity index is 2.24. The molecule has 0 bridgehead atoms. The van der Waals surface area contributed by atoms with Crippen molar-refractivity contribution in [2.75, 3.05) is 13.3 Å². The lowest BCUT2D eigenvalue weighted by Crippen LogP contribution is -2.34. The maximum Gasteiger partial charge on any atom is 0.150 e. The summed E-state index contributed by atoms with van der Waals surface area (Å²) >= 11 is 7.09. The molecular weight excluding hydrogens is 418 g/mol. The van der Waals surface area contributed by atoms with E-state index in [9.17, 15) is 8.42 Å². The van der Waals surface area contributed by atoms with Crippen LogP contribution < -0.4 is 5.32 Å². The molecule has 0 heterocycles. The van der Waals surface area contributed by atoms with Crippen LogP contribution in [0.3, 0.4) is 0 Å². The average molecular weight is 439 g/mol. The SMILES string of the molecule is CNC(c1ccc(Br)cc1Br)C1CCCC(S(C)(=O)=O)C1. The molecule has 1 aromatic rings. The minimum atomic E-state index is -2.95. The Labute approximate surface area is 144 Å². The summed E-state index contributed by atoms with van der Waals surface area (Å²) in [7, 11) is -0.999. The predicted octanol–water partition coefficient (Wildman–Crippen LogP) is 4.08. The van der Waals surface area contributed by atoms with Crippen molar-refractivity contribution in [2.45, 2.75) is 37.0 Å². The van der Waals surface area contributed by atoms with E-state index in [-0.39, 0.29) is 11.3 Å². The fraction of sp³-hybridized carbons (Fsp3) is 0.600. The van der Waals surface area contributed by atoms with Crippen LogP contribution in [0.4, 0.5) is 0 Å². The third kappa shape index (κ3) is 4.30. The smallest absolute Gasteiger partial charge is 0.150 e. The maximum atomic E-state index is 11.9. The van der Waals surface area contributed by atoms with Crippen LogP contribution in [0.25, 0.3) is 0 Å². The largest absolute Gasteiger partial charge is 0.313 e. The molecule has 118 valence electrons. The lowest BCUT2D eigenvalue weighted by Gasteiger charge is -2.34. The summed E-state index contributed by atoms with van der Waals surface area (Å²) in [6.07, 6.45) is 4.96. The van der Waals surface area contributed by atoms with E-state index in [1.54, 1.807) is 0 Å². The summed E-state index contributed by atoms with van der Waals surface area (Å²) in [6.45, 7) is 0. The second-order valence-corrected chi connectivity index (χ2v) is 9.91. The Bertz CT molecular complexity index is 604. The number of hydrogen-bond donors (Lipinski definition) is 1. The van der Waals surface area contributed by atoms with Crippen LogP contribution in [0.2, 0.25) is 0 Å². The van der Waals surface area contributed by atoms with E-state index in [0.717, 1.165) is 34.6 Å². The van der Waals surface area contributed by atoms with E-state index in [2.05, 4.69) is 43.2 Å². The van der Waals surface area contributed by atoms with Gasteiger partial charge in [0.1, 0.15) is 9.84 Å². The number of benzene rings is 1. The van der Waals surface area contributed by atoms with Crippen LogP contribution in [0.5, 0.6) is 0 Å². The standard InChI is InChI=1S/C15H21Br2NO2S/c1-18-15(13-7-6-11(16)9-14(13)17)10-4-3-5-12(8-10)21(2,19)20/h6-7,9-10,12,15,18H,3-5,8H2,1-2H3. The number of hydrogen-bond acceptors (Lipinski definition) is 3. The number of nitrogens with one attached hydrogen (secondary N) is 1. The quantitative estimate of drug-likeness (QED) is 0.770. The minimum absolute atomic E-state index is 0.178. The van der Waals surface area contributed by atoms with Crippen molar-refractivity contribution < 1.29 is 8.42 Å². The van der Waals surface area contributed by atoms with Gasteiger partial charge in [0.05, 0.1) is 5.25 Å². The van der Waals surface area contributed by atoms with Gasteiger partial charge in [-0.2, -0.15) is 0 Å². The van der Waals surface area contributed by atoms with Crippen LogP contribution in [0, 0.1) is 5.92 Å². The molecule has 3 atom stereocenters. The minimum Gasteiger partial charge on any atom is -0.313 e. The van der Waals surface area contributed by atoms with Gasteiger partial charge in [0.2, 0.25) is 0 Å². The Kier molecular flexibility index (Phi) is 5.91. The number of rotatable bonds is 4. The predicted molar refractivity (Wildman–Crippen MR) is 94.2 cm³/mol.